The highest BCUT2D eigenvalue weighted by Crippen LogP contribution is 2.45. The van der Waals surface area contributed by atoms with Crippen LogP contribution in [0.4, 0.5) is 29.5 Å². The Hall–Kier alpha value is -3.75. The van der Waals surface area contributed by atoms with Crippen molar-refractivity contribution in [2.75, 3.05) is 43.0 Å². The van der Waals surface area contributed by atoms with Crippen LogP contribution < -0.4 is 15.0 Å². The number of pyridine rings is 1. The Morgan fingerprint density at radius 1 is 0.946 bits per heavy atom. The van der Waals surface area contributed by atoms with E-state index >= 15 is 0 Å². The molecule has 2 fully saturated rings. The van der Waals surface area contributed by atoms with E-state index in [0.717, 1.165) is 18.6 Å². The molecule has 1 N–H and O–H groups in total. The Kier molecular flexibility index (Phi) is 5.73. The minimum Gasteiger partial charge on any atom is -0.492 e. The second-order valence-electron chi connectivity index (χ2n) is 10.0. The lowest BCUT2D eigenvalue weighted by Crippen LogP contribution is -2.47. The lowest BCUT2D eigenvalue weighted by Gasteiger charge is -2.38. The van der Waals surface area contributed by atoms with Gasteiger partial charge < -0.3 is 19.9 Å². The second kappa shape index (κ2) is 8.97. The number of anilines is 2. The quantitative estimate of drug-likeness (QED) is 0.494. The van der Waals surface area contributed by atoms with Crippen LogP contribution in [-0.4, -0.2) is 54.6 Å². The third kappa shape index (κ3) is 4.26. The van der Waals surface area contributed by atoms with E-state index in [9.17, 15) is 18.0 Å². The van der Waals surface area contributed by atoms with E-state index < -0.39 is 18.3 Å². The Morgan fingerprint density at radius 2 is 1.70 bits per heavy atom. The highest BCUT2D eigenvalue weighted by atomic mass is 19.3. The van der Waals surface area contributed by atoms with Gasteiger partial charge in [-0.2, -0.15) is 0 Å². The number of carbonyl (C=O) groups excluding carboxylic acids is 1. The van der Waals surface area contributed by atoms with Gasteiger partial charge in [0.25, 0.3) is 5.92 Å². The number of alkyl halides is 2. The monoisotopic (exact) mass is 508 g/mol. The van der Waals surface area contributed by atoms with Crippen LogP contribution in [0.1, 0.15) is 24.8 Å². The summed E-state index contributed by atoms with van der Waals surface area (Å²) >= 11 is 0. The van der Waals surface area contributed by atoms with Gasteiger partial charge in [-0.25, -0.2) is 22.9 Å². The minimum absolute atomic E-state index is 0.0925. The number of nitrogens with one attached hydrogen (secondary N) is 1. The topological polar surface area (TPSA) is 57.7 Å². The smallest absolute Gasteiger partial charge is 0.321 e. The molecule has 4 heterocycles. The number of piperidine rings is 1. The molecular weight excluding hydrogens is 481 g/mol. The third-order valence-corrected chi connectivity index (χ3v) is 7.77. The fraction of sp³-hybridized carbons (Fsp3) is 0.357. The molecule has 1 aromatic heterocycles. The number of hydrogen-bond acceptors (Lipinski definition) is 4. The number of fused-ring (bicyclic) bond motifs is 2. The predicted octanol–water partition coefficient (Wildman–Crippen LogP) is 5.69. The summed E-state index contributed by atoms with van der Waals surface area (Å²) in [5.74, 6) is -2.20. The van der Waals surface area contributed by atoms with Crippen molar-refractivity contribution in [3.8, 4) is 16.9 Å². The molecule has 3 aliphatic rings. The first-order chi connectivity index (χ1) is 17.9. The predicted molar refractivity (Wildman–Crippen MR) is 135 cm³/mol. The summed E-state index contributed by atoms with van der Waals surface area (Å²) < 4.78 is 48.8. The second-order valence-corrected chi connectivity index (χ2v) is 10.0. The number of para-hydroxylation sites is 1. The standard InChI is InChI=1S/C28H27F3N4O2/c29-22-7-3-1-5-19(22)20-9-13-32-25(35-16-12-28(30,31)17-35)24(20)33-26(36)34-14-10-27(11-15-34)18-37-23-8-4-2-6-21(23)27/h1-9,13H,10-12,14-18H2,(H,33,36). The van der Waals surface area contributed by atoms with Crippen molar-refractivity contribution in [1.82, 2.24) is 9.88 Å². The first-order valence-electron chi connectivity index (χ1n) is 12.5. The average Bonchev–Trinajstić information content (AvgIpc) is 3.45. The zero-order chi connectivity index (χ0) is 25.6. The first-order valence-corrected chi connectivity index (χ1v) is 12.5. The summed E-state index contributed by atoms with van der Waals surface area (Å²) in [6, 6.07) is 15.5. The number of benzene rings is 2. The molecule has 0 saturated carbocycles. The fourth-order valence-electron chi connectivity index (χ4n) is 5.70. The van der Waals surface area contributed by atoms with Gasteiger partial charge in [0.2, 0.25) is 0 Å². The van der Waals surface area contributed by atoms with Gasteiger partial charge >= 0.3 is 6.03 Å². The molecule has 0 unspecified atom stereocenters. The van der Waals surface area contributed by atoms with E-state index in [2.05, 4.69) is 16.4 Å². The Labute approximate surface area is 213 Å². The van der Waals surface area contributed by atoms with E-state index in [-0.39, 0.29) is 41.5 Å². The highest BCUT2D eigenvalue weighted by Gasteiger charge is 2.44. The normalized spacial score (nSPS) is 19.5. The van der Waals surface area contributed by atoms with Gasteiger partial charge in [-0.05, 0) is 31.0 Å². The van der Waals surface area contributed by atoms with Crippen LogP contribution in [0.2, 0.25) is 0 Å². The first kappa shape index (κ1) is 23.6. The van der Waals surface area contributed by atoms with E-state index in [1.807, 2.05) is 18.2 Å². The molecule has 6 nitrogen and oxygen atoms in total. The number of likely N-dealkylation sites (tertiary alicyclic amines) is 1. The van der Waals surface area contributed by atoms with Crippen molar-refractivity contribution in [1.29, 1.82) is 0 Å². The van der Waals surface area contributed by atoms with Crippen LogP contribution in [0.5, 0.6) is 5.75 Å². The van der Waals surface area contributed by atoms with Crippen LogP contribution in [0.25, 0.3) is 11.1 Å². The number of hydrogen-bond donors (Lipinski definition) is 1. The van der Waals surface area contributed by atoms with Crippen molar-refractivity contribution in [3.05, 3.63) is 72.2 Å². The van der Waals surface area contributed by atoms with Crippen LogP contribution in [0.15, 0.2) is 60.8 Å². The number of amides is 2. The zero-order valence-corrected chi connectivity index (χ0v) is 20.2. The highest BCUT2D eigenvalue weighted by molar-refractivity contribution is 5.99. The number of ether oxygens (including phenoxy) is 1. The molecule has 2 amide bonds. The Balaban J connectivity index is 1.28. The number of nitrogens with zero attached hydrogens (tertiary/aromatic N) is 3. The molecule has 1 spiro atoms. The van der Waals surface area contributed by atoms with Crippen molar-refractivity contribution in [2.24, 2.45) is 0 Å². The summed E-state index contributed by atoms with van der Waals surface area (Å²) in [5.41, 5.74) is 1.97. The molecule has 3 aromatic rings. The zero-order valence-electron chi connectivity index (χ0n) is 20.2. The van der Waals surface area contributed by atoms with Crippen LogP contribution >= 0.6 is 0 Å². The Bertz CT molecular complexity index is 1340. The Morgan fingerprint density at radius 3 is 2.46 bits per heavy atom. The largest absolute Gasteiger partial charge is 0.492 e. The van der Waals surface area contributed by atoms with Crippen LogP contribution in [0.3, 0.4) is 0 Å². The number of carbonyl (C=O) groups is 1. The summed E-state index contributed by atoms with van der Waals surface area (Å²) in [6.07, 6.45) is 2.65. The molecule has 2 saturated heterocycles. The van der Waals surface area contributed by atoms with Gasteiger partial charge in [-0.15, -0.1) is 0 Å². The minimum atomic E-state index is -2.85. The van der Waals surface area contributed by atoms with Crippen LogP contribution in [0, 0.1) is 5.82 Å². The van der Waals surface area contributed by atoms with Gasteiger partial charge in [0.1, 0.15) is 11.6 Å². The number of urea groups is 1. The van der Waals surface area contributed by atoms with Gasteiger partial charge in [0.05, 0.1) is 18.8 Å². The SMILES string of the molecule is O=C(Nc1c(-c2ccccc2F)ccnc1N1CCC(F)(F)C1)N1CCC2(CC1)COc1ccccc12. The van der Waals surface area contributed by atoms with E-state index in [0.29, 0.717) is 25.3 Å². The molecule has 3 aliphatic heterocycles. The maximum atomic E-state index is 14.8. The van der Waals surface area contributed by atoms with Crippen molar-refractivity contribution in [2.45, 2.75) is 30.6 Å². The van der Waals surface area contributed by atoms with Gasteiger partial charge in [0.15, 0.2) is 5.82 Å². The molecule has 0 bridgehead atoms. The molecule has 2 aromatic carbocycles. The summed E-state index contributed by atoms with van der Waals surface area (Å²) in [5, 5.41) is 2.92. The summed E-state index contributed by atoms with van der Waals surface area (Å²) in [6.45, 7) is 1.20. The maximum Gasteiger partial charge on any atom is 0.321 e. The van der Waals surface area contributed by atoms with E-state index in [4.69, 9.17) is 4.74 Å². The lowest BCUT2D eigenvalue weighted by atomic mass is 9.74. The summed E-state index contributed by atoms with van der Waals surface area (Å²) in [4.78, 5) is 21.0. The van der Waals surface area contributed by atoms with Gasteiger partial charge in [-0.3, -0.25) is 0 Å². The third-order valence-electron chi connectivity index (χ3n) is 7.77. The van der Waals surface area contributed by atoms with E-state index in [1.54, 1.807) is 29.2 Å². The molecule has 37 heavy (non-hydrogen) atoms. The molecule has 192 valence electrons. The molecule has 0 aliphatic carbocycles. The lowest BCUT2D eigenvalue weighted by molar-refractivity contribution is 0.0257. The van der Waals surface area contributed by atoms with Crippen molar-refractivity contribution in [3.63, 3.8) is 0 Å². The molecule has 9 heteroatoms. The van der Waals surface area contributed by atoms with Crippen molar-refractivity contribution >= 4 is 17.5 Å². The van der Waals surface area contributed by atoms with Gasteiger partial charge in [0, 0.05) is 54.4 Å². The van der Waals surface area contributed by atoms with E-state index in [1.165, 1.54) is 22.7 Å². The number of rotatable bonds is 3. The molecule has 6 rings (SSSR count). The average molecular weight is 509 g/mol. The van der Waals surface area contributed by atoms with Crippen LogP contribution in [-0.2, 0) is 5.41 Å². The van der Waals surface area contributed by atoms with Gasteiger partial charge in [-0.1, -0.05) is 36.4 Å². The summed E-state index contributed by atoms with van der Waals surface area (Å²) in [7, 11) is 0. The molecule has 0 atom stereocenters. The maximum absolute atomic E-state index is 14.8. The number of halogens is 3. The molecular formula is C28H27F3N4O2. The number of aromatic nitrogens is 1. The molecule has 0 radical (unpaired) electrons. The fourth-order valence-corrected chi connectivity index (χ4v) is 5.70. The van der Waals surface area contributed by atoms with Crippen molar-refractivity contribution < 1.29 is 22.7 Å².